The number of carbonyl (C=O) groups excluding carboxylic acids is 2. The lowest BCUT2D eigenvalue weighted by Crippen LogP contribution is -2.49. The molecule has 4 rings (SSSR count). The molecule has 2 aliphatic rings. The van der Waals surface area contributed by atoms with Crippen LogP contribution in [0.1, 0.15) is 51.7 Å². The van der Waals surface area contributed by atoms with Gasteiger partial charge in [0, 0.05) is 13.8 Å². The van der Waals surface area contributed by atoms with Crippen molar-refractivity contribution in [3.63, 3.8) is 0 Å². The number of hydrogen-bond donors (Lipinski definition) is 0. The van der Waals surface area contributed by atoms with E-state index >= 15 is 0 Å². The van der Waals surface area contributed by atoms with Gasteiger partial charge in [0.1, 0.15) is 11.5 Å². The Labute approximate surface area is 211 Å². The van der Waals surface area contributed by atoms with Crippen molar-refractivity contribution >= 4 is 24.1 Å². The van der Waals surface area contributed by atoms with Gasteiger partial charge in [-0.1, -0.05) is 36.4 Å². The van der Waals surface area contributed by atoms with E-state index in [1.165, 1.54) is 0 Å². The van der Waals surface area contributed by atoms with E-state index in [0.717, 1.165) is 24.0 Å². The molecule has 0 amide bonds. The van der Waals surface area contributed by atoms with Crippen LogP contribution in [-0.4, -0.2) is 48.9 Å². The summed E-state index contributed by atoms with van der Waals surface area (Å²) < 4.78 is 33.3. The molecule has 192 valence electrons. The Bertz CT molecular complexity index is 1110. The van der Waals surface area contributed by atoms with Gasteiger partial charge in [-0.25, -0.2) is 9.59 Å². The number of esters is 2. The molecule has 0 aliphatic carbocycles. The first-order chi connectivity index (χ1) is 17.1. The normalized spacial score (nSPS) is 28.6. The maximum absolute atomic E-state index is 12.6. The Morgan fingerprint density at radius 3 is 1.86 bits per heavy atom. The number of benzene rings is 2. The van der Waals surface area contributed by atoms with Gasteiger partial charge in [-0.15, -0.1) is 0 Å². The fraction of sp³-hybridized carbons (Fsp3) is 0.429. The first kappa shape index (κ1) is 26.0. The second-order valence-corrected chi connectivity index (χ2v) is 9.28. The summed E-state index contributed by atoms with van der Waals surface area (Å²) in [6.45, 7) is 7.82. The summed E-state index contributed by atoms with van der Waals surface area (Å²) in [6, 6.07) is 14.2. The number of ether oxygens (including phenoxy) is 6. The lowest BCUT2D eigenvalue weighted by molar-refractivity contribution is -0.274. The van der Waals surface area contributed by atoms with Crippen molar-refractivity contribution in [3.05, 3.63) is 59.7 Å². The minimum absolute atomic E-state index is 0.0773. The van der Waals surface area contributed by atoms with E-state index in [4.69, 9.17) is 28.4 Å². The average Bonchev–Trinajstić information content (AvgIpc) is 2.83. The first-order valence-electron chi connectivity index (χ1n) is 12.1. The van der Waals surface area contributed by atoms with E-state index in [-0.39, 0.29) is 12.2 Å². The van der Waals surface area contributed by atoms with Crippen LogP contribution < -0.4 is 9.47 Å². The fourth-order valence-electron chi connectivity index (χ4n) is 3.93. The Morgan fingerprint density at radius 2 is 1.31 bits per heavy atom. The monoisotopic (exact) mass is 496 g/mol. The van der Waals surface area contributed by atoms with Gasteiger partial charge in [0.25, 0.3) is 11.6 Å². The van der Waals surface area contributed by atoms with Gasteiger partial charge >= 0.3 is 11.9 Å². The zero-order chi connectivity index (χ0) is 25.8. The molecule has 4 atom stereocenters. The highest BCUT2D eigenvalue weighted by Crippen LogP contribution is 2.27. The number of hydrogen-bond acceptors (Lipinski definition) is 8. The number of rotatable bonds is 6. The zero-order valence-corrected chi connectivity index (χ0v) is 21.0. The van der Waals surface area contributed by atoms with E-state index in [9.17, 15) is 9.59 Å². The van der Waals surface area contributed by atoms with Crippen LogP contribution in [0.3, 0.4) is 0 Å². The Kier molecular flexibility index (Phi) is 7.90. The summed E-state index contributed by atoms with van der Waals surface area (Å²) in [5.74, 6) is -3.21. The standard InChI is InChI=1S/C28H32O8/c1-19-14-16-31-27(3,35-19)25(29)33-23-12-10-21(11-13-23)8-9-22-6-5-7-24(18-22)34-26(30)28(4)32-17-15-20(2)36-28/h5-13,18-20H,14-17H2,1-4H3/b9-8+/t19-,20-,27+,28+/m1/s1. The minimum atomic E-state index is -1.42. The molecule has 8 nitrogen and oxygen atoms in total. The highest BCUT2D eigenvalue weighted by molar-refractivity contribution is 5.81. The molecule has 2 heterocycles. The van der Waals surface area contributed by atoms with Crippen LogP contribution in [0.15, 0.2) is 48.5 Å². The maximum Gasteiger partial charge on any atom is 0.371 e. The van der Waals surface area contributed by atoms with Gasteiger partial charge in [-0.2, -0.15) is 0 Å². The Balaban J connectivity index is 1.35. The van der Waals surface area contributed by atoms with Gasteiger partial charge in [0.15, 0.2) is 0 Å². The molecule has 0 aromatic heterocycles. The SMILES string of the molecule is C[C@@H]1CCO[C@](C)(C(=O)Oc2ccc(/C=C/c3cccc(OC(=O)[C@@]4(C)OCC[C@@H](C)O4)c3)cc2)O1. The van der Waals surface area contributed by atoms with Crippen molar-refractivity contribution < 1.29 is 38.0 Å². The van der Waals surface area contributed by atoms with Crippen LogP contribution in [0, 0.1) is 0 Å². The summed E-state index contributed by atoms with van der Waals surface area (Å²) in [7, 11) is 0. The van der Waals surface area contributed by atoms with E-state index in [0.29, 0.717) is 24.7 Å². The molecule has 2 fully saturated rings. The molecule has 0 N–H and O–H groups in total. The maximum atomic E-state index is 12.6. The van der Waals surface area contributed by atoms with E-state index < -0.39 is 23.5 Å². The van der Waals surface area contributed by atoms with Crippen LogP contribution in [0.5, 0.6) is 11.5 Å². The van der Waals surface area contributed by atoms with Crippen molar-refractivity contribution in [2.45, 2.75) is 64.3 Å². The molecular formula is C28H32O8. The molecule has 2 saturated heterocycles. The summed E-state index contributed by atoms with van der Waals surface area (Å²) in [5, 5.41) is 0. The molecule has 0 bridgehead atoms. The van der Waals surface area contributed by atoms with Gasteiger partial charge < -0.3 is 28.4 Å². The van der Waals surface area contributed by atoms with Gasteiger partial charge in [0.05, 0.1) is 25.4 Å². The molecule has 0 unspecified atom stereocenters. The van der Waals surface area contributed by atoms with Crippen molar-refractivity contribution in [1.82, 2.24) is 0 Å². The minimum Gasteiger partial charge on any atom is -0.423 e. The largest absolute Gasteiger partial charge is 0.423 e. The third kappa shape index (κ3) is 6.39. The Morgan fingerprint density at radius 1 is 0.778 bits per heavy atom. The Hall–Kier alpha value is -3.04. The van der Waals surface area contributed by atoms with Crippen LogP contribution in [-0.2, 0) is 28.5 Å². The van der Waals surface area contributed by atoms with Gasteiger partial charge in [-0.3, -0.25) is 0 Å². The van der Waals surface area contributed by atoms with E-state index in [1.807, 2.05) is 44.2 Å². The van der Waals surface area contributed by atoms with Crippen molar-refractivity contribution in [3.8, 4) is 11.5 Å². The zero-order valence-electron chi connectivity index (χ0n) is 21.0. The van der Waals surface area contributed by atoms with E-state index in [1.54, 1.807) is 44.2 Å². The second kappa shape index (κ2) is 10.9. The predicted octanol–water partition coefficient (Wildman–Crippen LogP) is 4.75. The molecular weight excluding hydrogens is 464 g/mol. The average molecular weight is 497 g/mol. The van der Waals surface area contributed by atoms with Crippen LogP contribution in [0.2, 0.25) is 0 Å². The quantitative estimate of drug-likeness (QED) is 0.322. The molecule has 36 heavy (non-hydrogen) atoms. The summed E-state index contributed by atoms with van der Waals surface area (Å²) in [6.07, 6.45) is 5.10. The van der Waals surface area contributed by atoms with Crippen LogP contribution in [0.25, 0.3) is 12.2 Å². The van der Waals surface area contributed by atoms with Gasteiger partial charge in [-0.05, 0) is 62.1 Å². The van der Waals surface area contributed by atoms with Crippen LogP contribution >= 0.6 is 0 Å². The van der Waals surface area contributed by atoms with Crippen molar-refractivity contribution in [2.24, 2.45) is 0 Å². The molecule has 0 saturated carbocycles. The highest BCUT2D eigenvalue weighted by atomic mass is 16.7. The first-order valence-corrected chi connectivity index (χ1v) is 12.1. The third-order valence-electron chi connectivity index (χ3n) is 6.02. The summed E-state index contributed by atoms with van der Waals surface area (Å²) >= 11 is 0. The second-order valence-electron chi connectivity index (χ2n) is 9.28. The van der Waals surface area contributed by atoms with Gasteiger partial charge in [0.2, 0.25) is 0 Å². The summed E-state index contributed by atoms with van der Waals surface area (Å²) in [5.41, 5.74) is 1.74. The molecule has 0 spiro atoms. The predicted molar refractivity (Wildman–Crippen MR) is 132 cm³/mol. The summed E-state index contributed by atoms with van der Waals surface area (Å²) in [4.78, 5) is 25.2. The highest BCUT2D eigenvalue weighted by Gasteiger charge is 2.43. The lowest BCUT2D eigenvalue weighted by atomic mass is 10.1. The molecule has 2 aromatic carbocycles. The lowest BCUT2D eigenvalue weighted by Gasteiger charge is -2.34. The smallest absolute Gasteiger partial charge is 0.371 e. The molecule has 8 heteroatoms. The van der Waals surface area contributed by atoms with Crippen molar-refractivity contribution in [2.75, 3.05) is 13.2 Å². The van der Waals surface area contributed by atoms with Crippen LogP contribution in [0.4, 0.5) is 0 Å². The molecule has 2 aromatic rings. The molecule has 0 radical (unpaired) electrons. The van der Waals surface area contributed by atoms with Crippen molar-refractivity contribution in [1.29, 1.82) is 0 Å². The molecule has 2 aliphatic heterocycles. The fourth-order valence-corrected chi connectivity index (χ4v) is 3.93. The topological polar surface area (TPSA) is 89.5 Å². The third-order valence-corrected chi connectivity index (χ3v) is 6.02. The number of carbonyl (C=O) groups is 2. The van der Waals surface area contributed by atoms with E-state index in [2.05, 4.69) is 0 Å².